The number of sulfonamides is 1. The van der Waals surface area contributed by atoms with Crippen LogP contribution in [0.4, 0.5) is 0 Å². The highest BCUT2D eigenvalue weighted by atomic mass is 35.7. The van der Waals surface area contributed by atoms with E-state index in [0.29, 0.717) is 12.5 Å². The molecule has 1 aromatic carbocycles. The third kappa shape index (κ3) is 3.59. The van der Waals surface area contributed by atoms with E-state index in [1.807, 2.05) is 6.92 Å². The van der Waals surface area contributed by atoms with Gasteiger partial charge in [0.25, 0.3) is 9.05 Å². The summed E-state index contributed by atoms with van der Waals surface area (Å²) in [4.78, 5) is -0.0172. The highest BCUT2D eigenvalue weighted by molar-refractivity contribution is 8.13. The average Bonchev–Trinajstić information content (AvgIpc) is 2.37. The third-order valence-electron chi connectivity index (χ3n) is 3.79. The molecule has 2 unspecified atom stereocenters. The van der Waals surface area contributed by atoms with Crippen molar-refractivity contribution in [3.63, 3.8) is 0 Å². The fourth-order valence-corrected chi connectivity index (χ4v) is 5.08. The lowest BCUT2D eigenvalue weighted by molar-refractivity contribution is 0.220. The first kappa shape index (κ1) is 16.7. The molecular formula is C13H18ClNO4S2. The van der Waals surface area contributed by atoms with E-state index in [-0.39, 0.29) is 15.8 Å². The van der Waals surface area contributed by atoms with Gasteiger partial charge < -0.3 is 0 Å². The fourth-order valence-electron chi connectivity index (χ4n) is 2.65. The predicted octanol–water partition coefficient (Wildman–Crippen LogP) is 2.42. The molecule has 8 heteroatoms. The van der Waals surface area contributed by atoms with Crippen LogP contribution in [-0.4, -0.2) is 33.7 Å². The van der Waals surface area contributed by atoms with Gasteiger partial charge in [-0.25, -0.2) is 16.8 Å². The summed E-state index contributed by atoms with van der Waals surface area (Å²) in [5.74, 6) is 0.509. The van der Waals surface area contributed by atoms with Crippen molar-refractivity contribution in [1.82, 2.24) is 4.31 Å². The number of benzene rings is 1. The molecule has 1 aliphatic rings. The molecule has 0 saturated carbocycles. The van der Waals surface area contributed by atoms with E-state index >= 15 is 0 Å². The highest BCUT2D eigenvalue weighted by Crippen LogP contribution is 2.28. The van der Waals surface area contributed by atoms with Gasteiger partial charge in [0.15, 0.2) is 0 Å². The van der Waals surface area contributed by atoms with Gasteiger partial charge in [0.05, 0.1) is 9.79 Å². The van der Waals surface area contributed by atoms with Gasteiger partial charge in [0.2, 0.25) is 10.0 Å². The second kappa shape index (κ2) is 5.87. The molecule has 1 heterocycles. The maximum absolute atomic E-state index is 12.6. The molecular weight excluding hydrogens is 334 g/mol. The Bertz CT molecular complexity index is 713. The summed E-state index contributed by atoms with van der Waals surface area (Å²) in [7, 11) is -2.22. The molecule has 0 aromatic heterocycles. The SMILES string of the molecule is CC1CCN(S(=O)(=O)c2ccc(S(=O)(=O)Cl)cc2)C(C)C1. The average molecular weight is 352 g/mol. The number of rotatable bonds is 3. The van der Waals surface area contributed by atoms with Gasteiger partial charge in [0, 0.05) is 23.3 Å². The molecule has 1 fully saturated rings. The van der Waals surface area contributed by atoms with Crippen LogP contribution in [-0.2, 0) is 19.1 Å². The summed E-state index contributed by atoms with van der Waals surface area (Å²) in [6.45, 7) is 4.49. The van der Waals surface area contributed by atoms with Crippen LogP contribution in [0.2, 0.25) is 0 Å². The Balaban J connectivity index is 2.32. The van der Waals surface area contributed by atoms with Gasteiger partial charge in [-0.1, -0.05) is 6.92 Å². The molecule has 1 aliphatic heterocycles. The number of nitrogens with zero attached hydrogens (tertiary/aromatic N) is 1. The molecule has 1 aromatic rings. The Morgan fingerprint density at radius 3 is 2.05 bits per heavy atom. The van der Waals surface area contributed by atoms with Crippen LogP contribution in [0.15, 0.2) is 34.1 Å². The van der Waals surface area contributed by atoms with Gasteiger partial charge in [0.1, 0.15) is 0 Å². The number of hydrogen-bond acceptors (Lipinski definition) is 4. The molecule has 0 amide bonds. The molecule has 2 atom stereocenters. The minimum Gasteiger partial charge on any atom is -0.207 e. The minimum absolute atomic E-state index is 0.0600. The number of hydrogen-bond donors (Lipinski definition) is 0. The normalized spacial score (nSPS) is 24.9. The Morgan fingerprint density at radius 1 is 1.05 bits per heavy atom. The molecule has 0 N–H and O–H groups in total. The smallest absolute Gasteiger partial charge is 0.207 e. The van der Waals surface area contributed by atoms with E-state index in [4.69, 9.17) is 10.7 Å². The van der Waals surface area contributed by atoms with Crippen LogP contribution < -0.4 is 0 Å². The topological polar surface area (TPSA) is 71.5 Å². The largest absolute Gasteiger partial charge is 0.261 e. The van der Waals surface area contributed by atoms with Crippen molar-refractivity contribution < 1.29 is 16.8 Å². The van der Waals surface area contributed by atoms with Gasteiger partial charge in [-0.3, -0.25) is 0 Å². The van der Waals surface area contributed by atoms with Crippen molar-refractivity contribution in [2.75, 3.05) is 6.54 Å². The Morgan fingerprint density at radius 2 is 1.57 bits per heavy atom. The lowest BCUT2D eigenvalue weighted by atomic mass is 9.95. The Hall–Kier alpha value is -0.630. The molecule has 0 bridgehead atoms. The van der Waals surface area contributed by atoms with Crippen LogP contribution in [0.1, 0.15) is 26.7 Å². The fraction of sp³-hybridized carbons (Fsp3) is 0.538. The number of halogens is 1. The lowest BCUT2D eigenvalue weighted by Crippen LogP contribution is -2.44. The second-order valence-electron chi connectivity index (χ2n) is 5.50. The molecule has 0 aliphatic carbocycles. The van der Waals surface area contributed by atoms with Gasteiger partial charge in [-0.2, -0.15) is 4.31 Å². The first-order valence-electron chi connectivity index (χ1n) is 6.69. The van der Waals surface area contributed by atoms with E-state index in [0.717, 1.165) is 12.8 Å². The molecule has 1 saturated heterocycles. The molecule has 118 valence electrons. The summed E-state index contributed by atoms with van der Waals surface area (Å²) in [6, 6.07) is 4.94. The summed E-state index contributed by atoms with van der Waals surface area (Å²) in [5.41, 5.74) is 0. The molecule has 0 radical (unpaired) electrons. The predicted molar refractivity (Wildman–Crippen MR) is 81.2 cm³/mol. The van der Waals surface area contributed by atoms with Crippen LogP contribution in [0.5, 0.6) is 0 Å². The molecule has 0 spiro atoms. The third-order valence-corrected chi connectivity index (χ3v) is 7.19. The summed E-state index contributed by atoms with van der Waals surface area (Å²) in [5, 5.41) is 0. The van der Waals surface area contributed by atoms with E-state index in [1.165, 1.54) is 28.6 Å². The molecule has 5 nitrogen and oxygen atoms in total. The molecule has 21 heavy (non-hydrogen) atoms. The van der Waals surface area contributed by atoms with Crippen molar-refractivity contribution in [3.8, 4) is 0 Å². The van der Waals surface area contributed by atoms with E-state index < -0.39 is 19.1 Å². The van der Waals surface area contributed by atoms with Crippen molar-refractivity contribution in [2.45, 2.75) is 42.5 Å². The highest BCUT2D eigenvalue weighted by Gasteiger charge is 2.33. The van der Waals surface area contributed by atoms with Crippen LogP contribution in [0.3, 0.4) is 0 Å². The minimum atomic E-state index is -3.84. The quantitative estimate of drug-likeness (QED) is 0.784. The maximum atomic E-state index is 12.6. The van der Waals surface area contributed by atoms with Crippen LogP contribution >= 0.6 is 10.7 Å². The van der Waals surface area contributed by atoms with Crippen LogP contribution in [0, 0.1) is 5.92 Å². The lowest BCUT2D eigenvalue weighted by Gasteiger charge is -2.35. The Kier molecular flexibility index (Phi) is 4.68. The van der Waals surface area contributed by atoms with Crippen LogP contribution in [0.25, 0.3) is 0 Å². The number of piperidine rings is 1. The van der Waals surface area contributed by atoms with Gasteiger partial charge >= 0.3 is 0 Å². The van der Waals surface area contributed by atoms with E-state index in [1.54, 1.807) is 0 Å². The summed E-state index contributed by atoms with van der Waals surface area (Å²) in [6.07, 6.45) is 1.66. The monoisotopic (exact) mass is 351 g/mol. The van der Waals surface area contributed by atoms with E-state index in [9.17, 15) is 16.8 Å². The van der Waals surface area contributed by atoms with Gasteiger partial charge in [-0.05, 0) is 49.9 Å². The van der Waals surface area contributed by atoms with Crippen molar-refractivity contribution in [1.29, 1.82) is 0 Å². The zero-order valence-corrected chi connectivity index (χ0v) is 14.2. The first-order valence-corrected chi connectivity index (χ1v) is 10.4. The summed E-state index contributed by atoms with van der Waals surface area (Å²) < 4.78 is 49.1. The van der Waals surface area contributed by atoms with Crippen molar-refractivity contribution in [3.05, 3.63) is 24.3 Å². The standard InChI is InChI=1S/C13H18ClNO4S2/c1-10-7-8-15(11(2)9-10)21(18,19)13-5-3-12(4-6-13)20(14,16)17/h3-6,10-11H,7-9H2,1-2H3. The maximum Gasteiger partial charge on any atom is 0.261 e. The van der Waals surface area contributed by atoms with Crippen molar-refractivity contribution in [2.24, 2.45) is 5.92 Å². The first-order chi connectivity index (χ1) is 9.62. The summed E-state index contributed by atoms with van der Waals surface area (Å²) >= 11 is 0. The van der Waals surface area contributed by atoms with E-state index in [2.05, 4.69) is 6.92 Å². The van der Waals surface area contributed by atoms with Crippen molar-refractivity contribution >= 4 is 29.8 Å². The van der Waals surface area contributed by atoms with Gasteiger partial charge in [-0.15, -0.1) is 0 Å². The Labute approximate surface area is 130 Å². The molecule has 2 rings (SSSR count). The second-order valence-corrected chi connectivity index (χ2v) is 9.96. The zero-order chi connectivity index (χ0) is 15.8. The zero-order valence-electron chi connectivity index (χ0n) is 11.9.